The highest BCUT2D eigenvalue weighted by Crippen LogP contribution is 2.23. The highest BCUT2D eigenvalue weighted by Gasteiger charge is 2.26. The molecule has 1 rings (SSSR count). The molecule has 0 saturated heterocycles. The molecule has 0 spiro atoms. The van der Waals surface area contributed by atoms with Crippen molar-refractivity contribution in [2.45, 2.75) is 69.9 Å². The fourth-order valence-corrected chi connectivity index (χ4v) is 4.42. The molecule has 0 unspecified atom stereocenters. The van der Waals surface area contributed by atoms with Gasteiger partial charge >= 0.3 is 12.1 Å². The maximum Gasteiger partial charge on any atom is 0.389 e. The topological polar surface area (TPSA) is 63.7 Å². The van der Waals surface area contributed by atoms with Crippen molar-refractivity contribution in [1.82, 2.24) is 4.31 Å². The molecule has 0 heterocycles. The number of carbonyl (C=O) groups is 1. The maximum absolute atomic E-state index is 12.7. The Balaban J connectivity index is 2.51. The van der Waals surface area contributed by atoms with Crippen LogP contribution in [0, 0.1) is 0 Å². The van der Waals surface area contributed by atoms with Crippen molar-refractivity contribution >= 4 is 16.0 Å². The predicted octanol–water partition coefficient (Wildman–Crippen LogP) is 5.17. The molecule has 0 N–H and O–H groups in total. The zero-order valence-corrected chi connectivity index (χ0v) is 17.8. The largest absolute Gasteiger partial charge is 0.462 e. The van der Waals surface area contributed by atoms with Crippen LogP contribution >= 0.6 is 0 Å². The number of unbranched alkanes of at least 4 members (excludes halogenated alkanes) is 3. The summed E-state index contributed by atoms with van der Waals surface area (Å²) < 4.78 is 68.0. The van der Waals surface area contributed by atoms with Crippen molar-refractivity contribution in [3.8, 4) is 0 Å². The standard InChI is InChI=1S/C20H30F3NO4S/c1-3-14-24(15-4-2)29(26,27)18-11-9-17(10-12-18)19(25)28-16-8-6-5-7-13-20(21,22)23/h9-12H,3-8,13-16H2,1-2H3. The molecule has 0 radical (unpaired) electrons. The maximum atomic E-state index is 12.7. The third kappa shape index (κ3) is 9.16. The Morgan fingerprint density at radius 3 is 2.03 bits per heavy atom. The van der Waals surface area contributed by atoms with Crippen molar-refractivity contribution in [1.29, 1.82) is 0 Å². The first-order chi connectivity index (χ1) is 13.6. The number of carbonyl (C=O) groups excluding carboxylic acids is 1. The molecule has 166 valence electrons. The summed E-state index contributed by atoms with van der Waals surface area (Å²) in [6.45, 7) is 4.80. The fourth-order valence-electron chi connectivity index (χ4n) is 2.79. The Bertz CT molecular complexity index is 712. The smallest absolute Gasteiger partial charge is 0.389 e. The summed E-state index contributed by atoms with van der Waals surface area (Å²) in [4.78, 5) is 12.2. The van der Waals surface area contributed by atoms with Gasteiger partial charge in [0.05, 0.1) is 17.1 Å². The van der Waals surface area contributed by atoms with E-state index < -0.39 is 28.6 Å². The van der Waals surface area contributed by atoms with Crippen LogP contribution in [-0.2, 0) is 14.8 Å². The molecular formula is C20H30F3NO4S. The highest BCUT2D eigenvalue weighted by molar-refractivity contribution is 7.89. The number of hydrogen-bond acceptors (Lipinski definition) is 4. The van der Waals surface area contributed by atoms with E-state index in [2.05, 4.69) is 0 Å². The molecule has 29 heavy (non-hydrogen) atoms. The van der Waals surface area contributed by atoms with Gasteiger partial charge in [-0.05, 0) is 49.9 Å². The molecule has 1 aromatic rings. The van der Waals surface area contributed by atoms with E-state index in [0.717, 1.165) is 0 Å². The lowest BCUT2D eigenvalue weighted by atomic mass is 10.1. The van der Waals surface area contributed by atoms with E-state index in [1.54, 1.807) is 0 Å². The third-order valence-electron chi connectivity index (χ3n) is 4.26. The second-order valence-corrected chi connectivity index (χ2v) is 8.78. The minimum Gasteiger partial charge on any atom is -0.462 e. The Hall–Kier alpha value is -1.61. The van der Waals surface area contributed by atoms with E-state index in [9.17, 15) is 26.4 Å². The van der Waals surface area contributed by atoms with Gasteiger partial charge in [-0.15, -0.1) is 0 Å². The molecule has 5 nitrogen and oxygen atoms in total. The lowest BCUT2D eigenvalue weighted by Gasteiger charge is -2.21. The SMILES string of the molecule is CCCN(CCC)S(=O)(=O)c1ccc(C(=O)OCCCCCCC(F)(F)F)cc1. The summed E-state index contributed by atoms with van der Waals surface area (Å²) in [6, 6.07) is 5.60. The molecule has 0 aromatic heterocycles. The van der Waals surface area contributed by atoms with Crippen LogP contribution in [-0.4, -0.2) is 44.6 Å². The zero-order valence-electron chi connectivity index (χ0n) is 17.0. The van der Waals surface area contributed by atoms with Crippen molar-refractivity contribution in [2.24, 2.45) is 0 Å². The molecule has 0 fully saturated rings. The lowest BCUT2D eigenvalue weighted by molar-refractivity contribution is -0.135. The van der Waals surface area contributed by atoms with E-state index in [0.29, 0.717) is 45.2 Å². The summed E-state index contributed by atoms with van der Waals surface area (Å²) in [6.07, 6.45) is -1.98. The first kappa shape index (κ1) is 25.4. The van der Waals surface area contributed by atoms with Crippen LogP contribution in [0.15, 0.2) is 29.2 Å². The molecule has 0 atom stereocenters. The monoisotopic (exact) mass is 437 g/mol. The Labute approximate surface area is 171 Å². The Morgan fingerprint density at radius 2 is 1.52 bits per heavy atom. The van der Waals surface area contributed by atoms with Gasteiger partial charge in [0.25, 0.3) is 0 Å². The molecule has 0 saturated carbocycles. The summed E-state index contributed by atoms with van der Waals surface area (Å²) in [5.41, 5.74) is 0.235. The third-order valence-corrected chi connectivity index (χ3v) is 6.17. The van der Waals surface area contributed by atoms with Gasteiger partial charge in [-0.2, -0.15) is 17.5 Å². The number of ether oxygens (including phenoxy) is 1. The molecule has 1 aromatic carbocycles. The zero-order chi connectivity index (χ0) is 21.9. The number of sulfonamides is 1. The molecule has 9 heteroatoms. The Kier molecular flexibility index (Phi) is 10.7. The molecule has 0 aliphatic heterocycles. The number of halogens is 3. The van der Waals surface area contributed by atoms with Crippen LogP contribution in [0.2, 0.25) is 0 Å². The van der Waals surface area contributed by atoms with Crippen LogP contribution in [0.25, 0.3) is 0 Å². The number of rotatable bonds is 13. The van der Waals surface area contributed by atoms with Gasteiger partial charge in [0.2, 0.25) is 10.0 Å². The quantitative estimate of drug-likeness (QED) is 0.316. The molecule has 0 aliphatic rings. The molecule has 0 aliphatic carbocycles. The van der Waals surface area contributed by atoms with Gasteiger partial charge < -0.3 is 4.74 Å². The second-order valence-electron chi connectivity index (χ2n) is 6.84. The molecule has 0 bridgehead atoms. The van der Waals surface area contributed by atoms with Gasteiger partial charge in [0.15, 0.2) is 0 Å². The van der Waals surface area contributed by atoms with Gasteiger partial charge in [0.1, 0.15) is 0 Å². The normalized spacial score (nSPS) is 12.3. The van der Waals surface area contributed by atoms with Crippen LogP contribution in [0.3, 0.4) is 0 Å². The lowest BCUT2D eigenvalue weighted by Crippen LogP contribution is -2.32. The summed E-state index contributed by atoms with van der Waals surface area (Å²) in [7, 11) is -3.61. The van der Waals surface area contributed by atoms with Crippen molar-refractivity contribution in [2.75, 3.05) is 19.7 Å². The summed E-state index contributed by atoms with van der Waals surface area (Å²) in [5, 5.41) is 0. The minimum absolute atomic E-state index is 0.0699. The van der Waals surface area contributed by atoms with Crippen molar-refractivity contribution in [3.05, 3.63) is 29.8 Å². The molecule has 0 amide bonds. The van der Waals surface area contributed by atoms with Gasteiger partial charge in [0, 0.05) is 19.5 Å². The Morgan fingerprint density at radius 1 is 0.966 bits per heavy atom. The van der Waals surface area contributed by atoms with Gasteiger partial charge in [-0.1, -0.05) is 26.7 Å². The number of alkyl halides is 3. The number of benzene rings is 1. The summed E-state index contributed by atoms with van der Waals surface area (Å²) >= 11 is 0. The highest BCUT2D eigenvalue weighted by atomic mass is 32.2. The van der Waals surface area contributed by atoms with E-state index in [1.807, 2.05) is 13.8 Å². The predicted molar refractivity (Wildman–Crippen MR) is 105 cm³/mol. The van der Waals surface area contributed by atoms with E-state index in [1.165, 1.54) is 28.6 Å². The van der Waals surface area contributed by atoms with Crippen LogP contribution in [0.4, 0.5) is 13.2 Å². The van der Waals surface area contributed by atoms with E-state index in [-0.39, 0.29) is 23.5 Å². The average molecular weight is 438 g/mol. The van der Waals surface area contributed by atoms with E-state index in [4.69, 9.17) is 4.74 Å². The average Bonchev–Trinajstić information content (AvgIpc) is 2.66. The number of nitrogens with zero attached hydrogens (tertiary/aromatic N) is 1. The van der Waals surface area contributed by atoms with E-state index >= 15 is 0 Å². The molecular weight excluding hydrogens is 407 g/mol. The van der Waals surface area contributed by atoms with Gasteiger partial charge in [-0.25, -0.2) is 13.2 Å². The van der Waals surface area contributed by atoms with Crippen LogP contribution in [0.5, 0.6) is 0 Å². The van der Waals surface area contributed by atoms with Gasteiger partial charge in [-0.3, -0.25) is 0 Å². The van der Waals surface area contributed by atoms with Crippen LogP contribution in [0.1, 0.15) is 69.2 Å². The van der Waals surface area contributed by atoms with Crippen molar-refractivity contribution in [3.63, 3.8) is 0 Å². The van der Waals surface area contributed by atoms with Crippen molar-refractivity contribution < 1.29 is 31.1 Å². The number of esters is 1. The minimum atomic E-state index is -4.13. The first-order valence-electron chi connectivity index (χ1n) is 9.96. The second kappa shape index (κ2) is 12.2. The summed E-state index contributed by atoms with van der Waals surface area (Å²) in [5.74, 6) is -0.580. The first-order valence-corrected chi connectivity index (χ1v) is 11.4. The number of hydrogen-bond donors (Lipinski definition) is 0. The van der Waals surface area contributed by atoms with Crippen LogP contribution < -0.4 is 0 Å². The fraction of sp³-hybridized carbons (Fsp3) is 0.650.